The first-order valence-corrected chi connectivity index (χ1v) is 8.04. The minimum absolute atomic E-state index is 0.00673. The molecule has 0 aliphatic carbocycles. The number of rotatable bonds is 5. The fourth-order valence-corrected chi connectivity index (χ4v) is 2.89. The van der Waals surface area contributed by atoms with Crippen molar-refractivity contribution in [3.63, 3.8) is 0 Å². The Hall–Kier alpha value is -1.40. The molecule has 1 N–H and O–H groups in total. The van der Waals surface area contributed by atoms with Gasteiger partial charge in [0.05, 0.1) is 11.7 Å². The molecule has 1 unspecified atom stereocenters. The monoisotopic (exact) mass is 308 g/mol. The highest BCUT2D eigenvalue weighted by Crippen LogP contribution is 2.16. The van der Waals surface area contributed by atoms with Crippen LogP contribution in [0.4, 0.5) is 0 Å². The number of carboxylic acid groups (broad SMARTS) is 1. The maximum atomic E-state index is 11.2. The molecule has 0 amide bonds. The number of piperazine rings is 1. The Morgan fingerprint density at radius 2 is 1.95 bits per heavy atom. The fraction of sp³-hybridized carbons (Fsp3) is 0.750. The van der Waals surface area contributed by atoms with Crippen molar-refractivity contribution in [2.45, 2.75) is 52.2 Å². The minimum atomic E-state index is -0.706. The smallest absolute Gasteiger partial charge is 0.320 e. The topological polar surface area (TPSA) is 61.6 Å². The largest absolute Gasteiger partial charge is 0.480 e. The molecule has 0 radical (unpaired) electrons. The Morgan fingerprint density at radius 3 is 2.41 bits per heavy atom. The predicted molar refractivity (Wildman–Crippen MR) is 85.8 cm³/mol. The van der Waals surface area contributed by atoms with Crippen LogP contribution in [0.2, 0.25) is 0 Å². The van der Waals surface area contributed by atoms with Crippen LogP contribution in [-0.4, -0.2) is 62.9 Å². The average molecular weight is 308 g/mol. The molecule has 6 heteroatoms. The molecule has 6 nitrogen and oxygen atoms in total. The lowest BCUT2D eigenvalue weighted by molar-refractivity contribution is -0.144. The lowest BCUT2D eigenvalue weighted by Crippen LogP contribution is -2.52. The molecule has 1 aliphatic heterocycles. The van der Waals surface area contributed by atoms with Gasteiger partial charge in [-0.1, -0.05) is 6.92 Å². The van der Waals surface area contributed by atoms with E-state index in [4.69, 9.17) is 0 Å². The van der Waals surface area contributed by atoms with Gasteiger partial charge in [0, 0.05) is 44.5 Å². The second kappa shape index (κ2) is 6.79. The number of carboxylic acids is 1. The van der Waals surface area contributed by atoms with Gasteiger partial charge in [0.25, 0.3) is 0 Å². The van der Waals surface area contributed by atoms with Crippen molar-refractivity contribution < 1.29 is 9.90 Å². The van der Waals surface area contributed by atoms with Crippen molar-refractivity contribution in [3.8, 4) is 0 Å². The maximum absolute atomic E-state index is 11.2. The molecule has 1 aromatic heterocycles. The Bertz CT molecular complexity index is 498. The molecule has 1 fully saturated rings. The van der Waals surface area contributed by atoms with Gasteiger partial charge in [-0.25, -0.2) is 0 Å². The molecule has 0 spiro atoms. The van der Waals surface area contributed by atoms with Crippen LogP contribution in [0.5, 0.6) is 0 Å². The van der Waals surface area contributed by atoms with Gasteiger partial charge in [-0.05, 0) is 27.2 Å². The number of aromatic nitrogens is 2. The third-order valence-corrected chi connectivity index (χ3v) is 4.25. The van der Waals surface area contributed by atoms with Crippen LogP contribution in [0.3, 0.4) is 0 Å². The molecule has 0 aromatic carbocycles. The lowest BCUT2D eigenvalue weighted by atomic mass is 10.1. The number of hydrogen-bond donors (Lipinski definition) is 1. The molecule has 0 saturated carbocycles. The van der Waals surface area contributed by atoms with Crippen LogP contribution < -0.4 is 0 Å². The molecule has 1 atom stereocenters. The molecule has 1 aliphatic rings. The minimum Gasteiger partial charge on any atom is -0.480 e. The van der Waals surface area contributed by atoms with Crippen LogP contribution in [0, 0.1) is 0 Å². The molecule has 2 rings (SSSR count). The van der Waals surface area contributed by atoms with Crippen molar-refractivity contribution >= 4 is 5.97 Å². The van der Waals surface area contributed by atoms with Crippen LogP contribution in [0.25, 0.3) is 0 Å². The summed E-state index contributed by atoms with van der Waals surface area (Å²) in [5.74, 6) is -0.706. The zero-order valence-corrected chi connectivity index (χ0v) is 14.1. The Labute approximate surface area is 132 Å². The van der Waals surface area contributed by atoms with Crippen LogP contribution in [0.15, 0.2) is 12.4 Å². The Morgan fingerprint density at radius 1 is 1.32 bits per heavy atom. The van der Waals surface area contributed by atoms with Crippen LogP contribution in [-0.2, 0) is 16.9 Å². The van der Waals surface area contributed by atoms with Crippen molar-refractivity contribution in [2.75, 3.05) is 26.2 Å². The second-order valence-corrected chi connectivity index (χ2v) is 7.04. The van der Waals surface area contributed by atoms with Gasteiger partial charge in [-0.15, -0.1) is 0 Å². The Kier molecular flexibility index (Phi) is 5.24. The zero-order valence-electron chi connectivity index (χ0n) is 14.1. The first kappa shape index (κ1) is 17.0. The van der Waals surface area contributed by atoms with Gasteiger partial charge in [0.15, 0.2) is 0 Å². The van der Waals surface area contributed by atoms with E-state index in [0.29, 0.717) is 6.42 Å². The van der Waals surface area contributed by atoms with E-state index < -0.39 is 5.97 Å². The van der Waals surface area contributed by atoms with E-state index in [9.17, 15) is 9.90 Å². The van der Waals surface area contributed by atoms with E-state index in [-0.39, 0.29) is 11.6 Å². The second-order valence-electron chi connectivity index (χ2n) is 7.04. The van der Waals surface area contributed by atoms with Gasteiger partial charge >= 0.3 is 5.97 Å². The van der Waals surface area contributed by atoms with Gasteiger partial charge in [0.2, 0.25) is 0 Å². The van der Waals surface area contributed by atoms with Crippen molar-refractivity contribution in [1.29, 1.82) is 0 Å². The fourth-order valence-electron chi connectivity index (χ4n) is 2.89. The third-order valence-electron chi connectivity index (χ3n) is 4.25. The lowest BCUT2D eigenvalue weighted by Gasteiger charge is -2.37. The van der Waals surface area contributed by atoms with E-state index in [1.165, 1.54) is 5.56 Å². The first-order chi connectivity index (χ1) is 10.3. The molecule has 1 saturated heterocycles. The summed E-state index contributed by atoms with van der Waals surface area (Å²) >= 11 is 0. The summed E-state index contributed by atoms with van der Waals surface area (Å²) in [4.78, 5) is 15.7. The standard InChI is InChI=1S/C16H28N4O2/c1-5-14(15(21)22)19-8-6-18(7-9-19)11-13-10-17-20(12-13)16(2,3)4/h10,12,14H,5-9,11H2,1-4H3,(H,21,22). The summed E-state index contributed by atoms with van der Waals surface area (Å²) in [6, 6.07) is -0.342. The molecule has 124 valence electrons. The SMILES string of the molecule is CCC(C(=O)O)N1CCN(Cc2cnn(C(C)(C)C)c2)CC1. The molecule has 0 bridgehead atoms. The van der Waals surface area contributed by atoms with Crippen LogP contribution in [0.1, 0.15) is 39.7 Å². The van der Waals surface area contributed by atoms with E-state index in [2.05, 4.69) is 41.9 Å². The van der Waals surface area contributed by atoms with E-state index in [1.807, 2.05) is 17.8 Å². The molecular formula is C16H28N4O2. The highest BCUT2D eigenvalue weighted by molar-refractivity contribution is 5.73. The first-order valence-electron chi connectivity index (χ1n) is 8.04. The molecular weight excluding hydrogens is 280 g/mol. The summed E-state index contributed by atoms with van der Waals surface area (Å²) in [6.07, 6.45) is 4.70. The number of carbonyl (C=O) groups is 1. The van der Waals surface area contributed by atoms with Crippen molar-refractivity contribution in [3.05, 3.63) is 18.0 Å². The van der Waals surface area contributed by atoms with E-state index in [1.54, 1.807) is 0 Å². The van der Waals surface area contributed by atoms with Crippen molar-refractivity contribution in [1.82, 2.24) is 19.6 Å². The average Bonchev–Trinajstić information content (AvgIpc) is 2.89. The summed E-state index contributed by atoms with van der Waals surface area (Å²) < 4.78 is 2.00. The normalized spacial score (nSPS) is 19.3. The number of nitrogens with zero attached hydrogens (tertiary/aromatic N) is 4. The zero-order chi connectivity index (χ0) is 16.3. The van der Waals surface area contributed by atoms with Crippen molar-refractivity contribution in [2.24, 2.45) is 0 Å². The summed E-state index contributed by atoms with van der Waals surface area (Å²) in [5, 5.41) is 13.7. The van der Waals surface area contributed by atoms with Gasteiger partial charge < -0.3 is 5.11 Å². The van der Waals surface area contributed by atoms with Gasteiger partial charge in [-0.2, -0.15) is 5.10 Å². The number of hydrogen-bond acceptors (Lipinski definition) is 4. The molecule has 1 aromatic rings. The Balaban J connectivity index is 1.87. The molecule has 22 heavy (non-hydrogen) atoms. The highest BCUT2D eigenvalue weighted by Gasteiger charge is 2.27. The van der Waals surface area contributed by atoms with E-state index in [0.717, 1.165) is 32.7 Å². The summed E-state index contributed by atoms with van der Waals surface area (Å²) in [7, 11) is 0. The maximum Gasteiger partial charge on any atom is 0.320 e. The van der Waals surface area contributed by atoms with Gasteiger partial charge in [-0.3, -0.25) is 19.3 Å². The third kappa shape index (κ3) is 4.08. The summed E-state index contributed by atoms with van der Waals surface area (Å²) in [5.41, 5.74) is 1.22. The van der Waals surface area contributed by atoms with Gasteiger partial charge in [0.1, 0.15) is 6.04 Å². The highest BCUT2D eigenvalue weighted by atomic mass is 16.4. The summed E-state index contributed by atoms with van der Waals surface area (Å²) in [6.45, 7) is 12.7. The molecule has 2 heterocycles. The quantitative estimate of drug-likeness (QED) is 0.895. The van der Waals surface area contributed by atoms with E-state index >= 15 is 0 Å². The number of aliphatic carboxylic acids is 1. The predicted octanol–water partition coefficient (Wildman–Crippen LogP) is 1.62. The van der Waals surface area contributed by atoms with Crippen LogP contribution >= 0.6 is 0 Å².